The van der Waals surface area contributed by atoms with Crippen molar-refractivity contribution in [2.24, 2.45) is 5.73 Å². The number of carbonyl (C=O) groups excluding carboxylic acids is 1. The van der Waals surface area contributed by atoms with E-state index in [9.17, 15) is 4.79 Å². The number of halogens is 1. The second kappa shape index (κ2) is 5.95. The first-order chi connectivity index (χ1) is 9.10. The summed E-state index contributed by atoms with van der Waals surface area (Å²) in [5.41, 5.74) is 6.52. The second-order valence-corrected chi connectivity index (χ2v) is 5.27. The topological polar surface area (TPSA) is 64.3 Å². The van der Waals surface area contributed by atoms with Crippen LogP contribution in [0.1, 0.15) is 15.2 Å². The Morgan fingerprint density at radius 2 is 2.26 bits per heavy atom. The van der Waals surface area contributed by atoms with Crippen LogP contribution in [-0.2, 0) is 6.54 Å². The lowest BCUT2D eigenvalue weighted by Crippen LogP contribution is -2.09. The number of methoxy groups -OCH3 is 1. The number of nitrogens with two attached hydrogens (primary N) is 1. The van der Waals surface area contributed by atoms with Gasteiger partial charge in [-0.25, -0.2) is 0 Å². The first kappa shape index (κ1) is 13.7. The molecule has 1 heterocycles. The maximum absolute atomic E-state index is 11.0. The summed E-state index contributed by atoms with van der Waals surface area (Å²) in [5, 5.41) is 5.56. The number of ether oxygens (including phenoxy) is 1. The van der Waals surface area contributed by atoms with Gasteiger partial charge in [0.2, 0.25) is 5.91 Å². The molecule has 0 atom stereocenters. The summed E-state index contributed by atoms with van der Waals surface area (Å²) < 4.78 is 5.14. The molecule has 2 rings (SSSR count). The molecule has 0 saturated carbocycles. The third-order valence-corrected chi connectivity index (χ3v) is 3.83. The Kier molecular flexibility index (Phi) is 4.29. The molecule has 1 amide bonds. The minimum atomic E-state index is -0.415. The van der Waals surface area contributed by atoms with Gasteiger partial charge < -0.3 is 15.8 Å². The Labute approximate surface area is 120 Å². The summed E-state index contributed by atoms with van der Waals surface area (Å²) in [7, 11) is 1.60. The van der Waals surface area contributed by atoms with E-state index in [-0.39, 0.29) is 0 Å². The van der Waals surface area contributed by atoms with Crippen LogP contribution in [0.25, 0.3) is 0 Å². The molecule has 0 spiro atoms. The highest BCUT2D eigenvalue weighted by atomic mass is 35.5. The number of hydrogen-bond donors (Lipinski definition) is 2. The van der Waals surface area contributed by atoms with E-state index in [2.05, 4.69) is 5.32 Å². The van der Waals surface area contributed by atoms with Crippen molar-refractivity contribution in [3.8, 4) is 5.75 Å². The Morgan fingerprint density at radius 3 is 2.89 bits per heavy atom. The predicted octanol–water partition coefficient (Wildman–Crippen LogP) is 3.12. The number of amides is 1. The van der Waals surface area contributed by atoms with Gasteiger partial charge in [-0.2, -0.15) is 0 Å². The summed E-state index contributed by atoms with van der Waals surface area (Å²) in [5.74, 6) is 0.317. The monoisotopic (exact) mass is 296 g/mol. The average molecular weight is 297 g/mol. The largest absolute Gasteiger partial charge is 0.497 e. The Bertz CT molecular complexity index is 598. The number of carbonyl (C=O) groups is 1. The lowest BCUT2D eigenvalue weighted by atomic mass is 10.2. The van der Waals surface area contributed by atoms with Crippen LogP contribution in [0, 0.1) is 0 Å². The molecule has 2 aromatic rings. The van der Waals surface area contributed by atoms with Gasteiger partial charge in [0.15, 0.2) is 0 Å². The van der Waals surface area contributed by atoms with E-state index in [1.165, 1.54) is 11.3 Å². The van der Waals surface area contributed by atoms with Gasteiger partial charge >= 0.3 is 0 Å². The molecule has 0 unspecified atom stereocenters. The Morgan fingerprint density at radius 1 is 1.47 bits per heavy atom. The zero-order chi connectivity index (χ0) is 13.8. The summed E-state index contributed by atoms with van der Waals surface area (Å²) >= 11 is 7.56. The number of anilines is 1. The standard InChI is InChI=1S/C13H13ClN2O2S/c1-18-9-2-3-11(14)12(5-9)16-6-10-4-8(7-19-10)13(15)17/h2-5,7,16H,6H2,1H3,(H2,15,17). The molecule has 0 saturated heterocycles. The fourth-order valence-corrected chi connectivity index (χ4v) is 2.55. The van der Waals surface area contributed by atoms with E-state index in [1.807, 2.05) is 6.07 Å². The highest BCUT2D eigenvalue weighted by Crippen LogP contribution is 2.27. The number of thiophene rings is 1. The smallest absolute Gasteiger partial charge is 0.249 e. The predicted molar refractivity (Wildman–Crippen MR) is 78.2 cm³/mol. The van der Waals surface area contributed by atoms with Gasteiger partial charge in [-0.3, -0.25) is 4.79 Å². The summed E-state index contributed by atoms with van der Waals surface area (Å²) in [6.07, 6.45) is 0. The van der Waals surface area contributed by atoms with Crippen LogP contribution in [0.15, 0.2) is 29.6 Å². The minimum Gasteiger partial charge on any atom is -0.497 e. The van der Waals surface area contributed by atoms with Crippen LogP contribution < -0.4 is 15.8 Å². The van der Waals surface area contributed by atoms with Gasteiger partial charge in [-0.15, -0.1) is 11.3 Å². The van der Waals surface area contributed by atoms with Crippen LogP contribution in [0.2, 0.25) is 5.02 Å². The molecule has 0 aliphatic heterocycles. The van der Waals surface area contributed by atoms with E-state index < -0.39 is 5.91 Å². The maximum atomic E-state index is 11.0. The van der Waals surface area contributed by atoms with Crippen molar-refractivity contribution < 1.29 is 9.53 Å². The quantitative estimate of drug-likeness (QED) is 0.891. The average Bonchev–Trinajstić information content (AvgIpc) is 2.87. The van der Waals surface area contributed by atoms with E-state index in [1.54, 1.807) is 30.7 Å². The lowest BCUT2D eigenvalue weighted by molar-refractivity contribution is 0.100. The van der Waals surface area contributed by atoms with Gasteiger partial charge in [0, 0.05) is 22.9 Å². The highest BCUT2D eigenvalue weighted by molar-refractivity contribution is 7.10. The summed E-state index contributed by atoms with van der Waals surface area (Å²) in [4.78, 5) is 12.0. The van der Waals surface area contributed by atoms with Gasteiger partial charge in [0.05, 0.1) is 23.4 Å². The lowest BCUT2D eigenvalue weighted by Gasteiger charge is -2.09. The molecule has 4 nitrogen and oxygen atoms in total. The van der Waals surface area contributed by atoms with Crippen molar-refractivity contribution >= 4 is 34.5 Å². The zero-order valence-corrected chi connectivity index (χ0v) is 11.8. The molecular weight excluding hydrogens is 284 g/mol. The molecule has 0 aliphatic carbocycles. The molecule has 0 bridgehead atoms. The van der Waals surface area contributed by atoms with E-state index in [0.29, 0.717) is 17.1 Å². The normalized spacial score (nSPS) is 10.2. The molecule has 6 heteroatoms. The van der Waals surface area contributed by atoms with Crippen LogP contribution in [0.3, 0.4) is 0 Å². The van der Waals surface area contributed by atoms with Crippen molar-refractivity contribution in [2.75, 3.05) is 12.4 Å². The first-order valence-corrected chi connectivity index (χ1v) is 6.80. The highest BCUT2D eigenvalue weighted by Gasteiger charge is 2.06. The number of nitrogens with one attached hydrogen (secondary N) is 1. The molecule has 0 fully saturated rings. The second-order valence-electron chi connectivity index (χ2n) is 3.87. The van der Waals surface area contributed by atoms with Crippen molar-refractivity contribution in [1.82, 2.24) is 0 Å². The van der Waals surface area contributed by atoms with Crippen LogP contribution in [0.5, 0.6) is 5.75 Å². The van der Waals surface area contributed by atoms with E-state index >= 15 is 0 Å². The third kappa shape index (κ3) is 3.39. The molecule has 0 radical (unpaired) electrons. The number of hydrogen-bond acceptors (Lipinski definition) is 4. The van der Waals surface area contributed by atoms with Crippen LogP contribution >= 0.6 is 22.9 Å². The van der Waals surface area contributed by atoms with Crippen molar-refractivity contribution in [3.05, 3.63) is 45.1 Å². The Balaban J connectivity index is 2.07. The van der Waals surface area contributed by atoms with Crippen LogP contribution in [-0.4, -0.2) is 13.0 Å². The number of benzene rings is 1. The maximum Gasteiger partial charge on any atom is 0.249 e. The molecule has 1 aromatic carbocycles. The van der Waals surface area contributed by atoms with Crippen molar-refractivity contribution in [2.45, 2.75) is 6.54 Å². The fraction of sp³-hybridized carbons (Fsp3) is 0.154. The zero-order valence-electron chi connectivity index (χ0n) is 10.3. The fourth-order valence-electron chi connectivity index (χ4n) is 1.55. The van der Waals surface area contributed by atoms with Crippen molar-refractivity contribution in [3.63, 3.8) is 0 Å². The molecule has 100 valence electrons. The third-order valence-electron chi connectivity index (χ3n) is 2.56. The SMILES string of the molecule is COc1ccc(Cl)c(NCc2cc(C(N)=O)cs2)c1. The van der Waals surface area contributed by atoms with Gasteiger partial charge in [0.25, 0.3) is 0 Å². The first-order valence-electron chi connectivity index (χ1n) is 5.55. The molecule has 3 N–H and O–H groups in total. The van der Waals surface area contributed by atoms with Gasteiger partial charge in [-0.05, 0) is 18.2 Å². The summed E-state index contributed by atoms with van der Waals surface area (Å²) in [6, 6.07) is 7.16. The molecule has 1 aromatic heterocycles. The van der Waals surface area contributed by atoms with E-state index in [4.69, 9.17) is 22.1 Å². The Hall–Kier alpha value is -1.72. The summed E-state index contributed by atoms with van der Waals surface area (Å²) in [6.45, 7) is 0.574. The molecule has 0 aliphatic rings. The number of rotatable bonds is 5. The van der Waals surface area contributed by atoms with Gasteiger partial charge in [0.1, 0.15) is 5.75 Å². The van der Waals surface area contributed by atoms with Crippen molar-refractivity contribution in [1.29, 1.82) is 0 Å². The molecular formula is C13H13ClN2O2S. The number of primary amides is 1. The molecule has 19 heavy (non-hydrogen) atoms. The van der Waals surface area contributed by atoms with E-state index in [0.717, 1.165) is 16.3 Å². The van der Waals surface area contributed by atoms with Crippen LogP contribution in [0.4, 0.5) is 5.69 Å². The van der Waals surface area contributed by atoms with Gasteiger partial charge in [-0.1, -0.05) is 11.6 Å². The minimum absolute atomic E-state index is 0.415.